The monoisotopic (exact) mass is 388 g/mol. The number of anilines is 1. The Kier molecular flexibility index (Phi) is 6.65. The van der Waals surface area contributed by atoms with Gasteiger partial charge in [-0.25, -0.2) is 8.42 Å². The van der Waals surface area contributed by atoms with E-state index < -0.39 is 16.1 Å². The summed E-state index contributed by atoms with van der Waals surface area (Å²) in [5, 5.41) is 2.89. The van der Waals surface area contributed by atoms with E-state index in [2.05, 4.69) is 5.32 Å². The van der Waals surface area contributed by atoms with Gasteiger partial charge in [-0.3, -0.25) is 9.10 Å². The molecule has 27 heavy (non-hydrogen) atoms. The van der Waals surface area contributed by atoms with Crippen molar-refractivity contribution < 1.29 is 13.2 Å². The standard InChI is InChI=1S/C21H28N2O3S/c1-6-20(21(24)22-14-18-10-8-7-9-16(18)3)23(27(5,25)26)19-12-11-15(2)17(4)13-19/h7-13,20H,6,14H2,1-5H3,(H,22,24). The second-order valence-electron chi connectivity index (χ2n) is 6.90. The van der Waals surface area contributed by atoms with Gasteiger partial charge in [0.25, 0.3) is 0 Å². The van der Waals surface area contributed by atoms with Crippen molar-refractivity contribution >= 4 is 21.6 Å². The summed E-state index contributed by atoms with van der Waals surface area (Å²) in [6.07, 6.45) is 1.51. The smallest absolute Gasteiger partial charge is 0.244 e. The maximum Gasteiger partial charge on any atom is 0.244 e. The summed E-state index contributed by atoms with van der Waals surface area (Å²) in [6.45, 7) is 8.06. The summed E-state index contributed by atoms with van der Waals surface area (Å²) in [5.41, 5.74) is 4.66. The van der Waals surface area contributed by atoms with Crippen LogP contribution in [-0.4, -0.2) is 26.6 Å². The van der Waals surface area contributed by atoms with Crippen LogP contribution in [0.5, 0.6) is 0 Å². The van der Waals surface area contributed by atoms with Gasteiger partial charge < -0.3 is 5.32 Å². The summed E-state index contributed by atoms with van der Waals surface area (Å²) < 4.78 is 26.2. The van der Waals surface area contributed by atoms with Crippen LogP contribution in [0.15, 0.2) is 42.5 Å². The minimum Gasteiger partial charge on any atom is -0.350 e. The molecule has 0 saturated carbocycles. The molecule has 0 spiro atoms. The highest BCUT2D eigenvalue weighted by Crippen LogP contribution is 2.25. The summed E-state index contributed by atoms with van der Waals surface area (Å²) >= 11 is 0. The number of amides is 1. The number of benzene rings is 2. The molecule has 1 unspecified atom stereocenters. The lowest BCUT2D eigenvalue weighted by atomic mass is 10.1. The predicted octanol–water partition coefficient (Wildman–Crippen LogP) is 3.47. The van der Waals surface area contributed by atoms with Crippen LogP contribution in [0.25, 0.3) is 0 Å². The van der Waals surface area contributed by atoms with Crippen LogP contribution in [0.2, 0.25) is 0 Å². The Bertz CT molecular complexity index is 923. The molecule has 2 aromatic rings. The molecular formula is C21H28N2O3S. The second kappa shape index (κ2) is 8.57. The van der Waals surface area contributed by atoms with E-state index in [1.165, 1.54) is 4.31 Å². The Morgan fingerprint density at radius 3 is 2.26 bits per heavy atom. The molecule has 1 amide bonds. The number of hydrogen-bond acceptors (Lipinski definition) is 3. The van der Waals surface area contributed by atoms with Crippen molar-refractivity contribution in [3.63, 3.8) is 0 Å². The lowest BCUT2D eigenvalue weighted by molar-refractivity contribution is -0.122. The van der Waals surface area contributed by atoms with Gasteiger partial charge in [0, 0.05) is 6.54 Å². The van der Waals surface area contributed by atoms with E-state index in [9.17, 15) is 13.2 Å². The number of aryl methyl sites for hydroxylation is 3. The van der Waals surface area contributed by atoms with Crippen LogP contribution in [-0.2, 0) is 21.4 Å². The number of hydrogen-bond donors (Lipinski definition) is 1. The van der Waals surface area contributed by atoms with Crippen molar-refractivity contribution in [3.05, 3.63) is 64.7 Å². The first-order valence-corrected chi connectivity index (χ1v) is 10.9. The molecule has 2 aromatic carbocycles. The molecule has 0 fully saturated rings. The third kappa shape index (κ3) is 5.10. The molecule has 0 aromatic heterocycles. The maximum absolute atomic E-state index is 12.9. The predicted molar refractivity (Wildman–Crippen MR) is 110 cm³/mol. The zero-order chi connectivity index (χ0) is 20.2. The van der Waals surface area contributed by atoms with E-state index >= 15 is 0 Å². The van der Waals surface area contributed by atoms with E-state index in [-0.39, 0.29) is 5.91 Å². The minimum absolute atomic E-state index is 0.301. The van der Waals surface area contributed by atoms with Gasteiger partial charge >= 0.3 is 0 Å². The topological polar surface area (TPSA) is 66.5 Å². The molecule has 0 aliphatic carbocycles. The Balaban J connectivity index is 2.30. The molecular weight excluding hydrogens is 360 g/mol. The Morgan fingerprint density at radius 2 is 1.70 bits per heavy atom. The van der Waals surface area contributed by atoms with Gasteiger partial charge in [0.1, 0.15) is 6.04 Å². The van der Waals surface area contributed by atoms with Crippen molar-refractivity contribution in [2.45, 2.75) is 46.7 Å². The highest BCUT2D eigenvalue weighted by atomic mass is 32.2. The molecule has 0 saturated heterocycles. The highest BCUT2D eigenvalue weighted by Gasteiger charge is 2.31. The average Bonchev–Trinajstić information content (AvgIpc) is 2.60. The van der Waals surface area contributed by atoms with Crippen molar-refractivity contribution in [2.75, 3.05) is 10.6 Å². The first kappa shape index (κ1) is 21.0. The minimum atomic E-state index is -3.62. The van der Waals surface area contributed by atoms with E-state index in [0.717, 1.165) is 28.5 Å². The van der Waals surface area contributed by atoms with Gasteiger partial charge in [0.05, 0.1) is 11.9 Å². The SMILES string of the molecule is CCC(C(=O)NCc1ccccc1C)N(c1ccc(C)c(C)c1)S(C)(=O)=O. The lowest BCUT2D eigenvalue weighted by Gasteiger charge is -2.30. The molecule has 146 valence electrons. The second-order valence-corrected chi connectivity index (χ2v) is 8.76. The summed E-state index contributed by atoms with van der Waals surface area (Å²) in [6, 6.07) is 12.4. The fraction of sp³-hybridized carbons (Fsp3) is 0.381. The van der Waals surface area contributed by atoms with Crippen molar-refractivity contribution in [1.82, 2.24) is 5.32 Å². The molecule has 1 N–H and O–H groups in total. The van der Waals surface area contributed by atoms with Gasteiger partial charge in [-0.05, 0) is 61.6 Å². The van der Waals surface area contributed by atoms with E-state index in [1.807, 2.05) is 64.1 Å². The molecule has 5 nitrogen and oxygen atoms in total. The third-order valence-corrected chi connectivity index (χ3v) is 5.97. The zero-order valence-electron chi connectivity index (χ0n) is 16.6. The number of carbonyl (C=O) groups excluding carboxylic acids is 1. The van der Waals surface area contributed by atoms with Gasteiger partial charge in [0.2, 0.25) is 15.9 Å². The summed E-state index contributed by atoms with van der Waals surface area (Å²) in [5.74, 6) is -0.301. The Labute approximate surface area is 162 Å². The molecule has 0 heterocycles. The highest BCUT2D eigenvalue weighted by molar-refractivity contribution is 7.92. The number of sulfonamides is 1. The van der Waals surface area contributed by atoms with E-state index in [0.29, 0.717) is 18.7 Å². The van der Waals surface area contributed by atoms with Crippen molar-refractivity contribution in [1.29, 1.82) is 0 Å². The first-order valence-electron chi connectivity index (χ1n) is 9.04. The fourth-order valence-electron chi connectivity index (χ4n) is 3.03. The number of nitrogens with zero attached hydrogens (tertiary/aromatic N) is 1. The third-order valence-electron chi connectivity index (χ3n) is 4.79. The molecule has 0 aliphatic rings. The fourth-order valence-corrected chi connectivity index (χ4v) is 4.24. The van der Waals surface area contributed by atoms with Crippen LogP contribution < -0.4 is 9.62 Å². The first-order chi connectivity index (χ1) is 12.6. The van der Waals surface area contributed by atoms with Crippen LogP contribution in [0.1, 0.15) is 35.6 Å². The Hall–Kier alpha value is -2.34. The number of nitrogens with one attached hydrogen (secondary N) is 1. The largest absolute Gasteiger partial charge is 0.350 e. The number of rotatable bonds is 7. The van der Waals surface area contributed by atoms with Crippen LogP contribution in [0.3, 0.4) is 0 Å². The van der Waals surface area contributed by atoms with Crippen molar-refractivity contribution in [2.24, 2.45) is 0 Å². The van der Waals surface area contributed by atoms with Gasteiger partial charge in [0.15, 0.2) is 0 Å². The van der Waals surface area contributed by atoms with Gasteiger partial charge in [-0.1, -0.05) is 37.3 Å². The summed E-state index contributed by atoms with van der Waals surface area (Å²) in [7, 11) is -3.62. The molecule has 2 rings (SSSR count). The molecule has 1 atom stereocenters. The van der Waals surface area contributed by atoms with Crippen LogP contribution >= 0.6 is 0 Å². The summed E-state index contributed by atoms with van der Waals surface area (Å²) in [4.78, 5) is 12.9. The number of carbonyl (C=O) groups is 1. The van der Waals surface area contributed by atoms with Crippen molar-refractivity contribution in [3.8, 4) is 0 Å². The molecule has 0 radical (unpaired) electrons. The molecule has 0 aliphatic heterocycles. The quantitative estimate of drug-likeness (QED) is 0.790. The van der Waals surface area contributed by atoms with Gasteiger partial charge in [-0.15, -0.1) is 0 Å². The van der Waals surface area contributed by atoms with E-state index in [1.54, 1.807) is 6.07 Å². The Morgan fingerprint density at radius 1 is 1.04 bits per heavy atom. The average molecular weight is 389 g/mol. The molecule has 0 bridgehead atoms. The molecule has 6 heteroatoms. The lowest BCUT2D eigenvalue weighted by Crippen LogP contribution is -2.49. The normalized spacial score (nSPS) is 12.5. The maximum atomic E-state index is 12.9. The zero-order valence-corrected chi connectivity index (χ0v) is 17.4. The van der Waals surface area contributed by atoms with E-state index in [4.69, 9.17) is 0 Å². The van der Waals surface area contributed by atoms with Crippen LogP contribution in [0, 0.1) is 20.8 Å². The van der Waals surface area contributed by atoms with Gasteiger partial charge in [-0.2, -0.15) is 0 Å². The van der Waals surface area contributed by atoms with Crippen LogP contribution in [0.4, 0.5) is 5.69 Å².